The Hall–Kier alpha value is -0.680. The molecule has 18 heavy (non-hydrogen) atoms. The summed E-state index contributed by atoms with van der Waals surface area (Å²) in [4.78, 5) is 11.1. The van der Waals surface area contributed by atoms with Gasteiger partial charge in [-0.3, -0.25) is 0 Å². The molecule has 3 nitrogen and oxygen atoms in total. The normalized spacial score (nSPS) is 12.2. The third-order valence-electron chi connectivity index (χ3n) is 2.51. The van der Waals surface area contributed by atoms with E-state index in [4.69, 9.17) is 5.11 Å². The highest BCUT2D eigenvalue weighted by molar-refractivity contribution is 9.10. The smallest absolute Gasteiger partial charge is 0.337 e. The van der Waals surface area contributed by atoms with Crippen molar-refractivity contribution in [3.05, 3.63) is 28.2 Å². The summed E-state index contributed by atoms with van der Waals surface area (Å²) >= 11 is 5.26. The number of benzene rings is 1. The molecule has 0 aliphatic carbocycles. The molecule has 0 heterocycles. The van der Waals surface area contributed by atoms with Gasteiger partial charge >= 0.3 is 5.97 Å². The minimum absolute atomic E-state index is 0.261. The van der Waals surface area contributed by atoms with Gasteiger partial charge in [-0.05, 0) is 43.0 Å². The summed E-state index contributed by atoms with van der Waals surface area (Å²) in [7, 11) is 0. The summed E-state index contributed by atoms with van der Waals surface area (Å²) in [6.45, 7) is 4.21. The van der Waals surface area contributed by atoms with E-state index < -0.39 is 5.97 Å². The quantitative estimate of drug-likeness (QED) is 0.739. The van der Waals surface area contributed by atoms with E-state index in [1.54, 1.807) is 12.1 Å². The predicted octanol–water partition coefficient (Wildman–Crippen LogP) is 4.09. The molecule has 0 saturated heterocycles. The Morgan fingerprint density at radius 1 is 1.56 bits per heavy atom. The molecule has 1 atom stereocenters. The molecular formula is C13H18BrNO2S. The topological polar surface area (TPSA) is 49.3 Å². The van der Waals surface area contributed by atoms with Crippen LogP contribution in [0.3, 0.4) is 0 Å². The second-order valence-corrected chi connectivity index (χ2v) is 6.34. The first-order valence-corrected chi connectivity index (χ1v) is 7.86. The zero-order valence-electron chi connectivity index (χ0n) is 10.6. The van der Waals surface area contributed by atoms with Crippen LogP contribution in [0.1, 0.15) is 30.6 Å². The average Bonchev–Trinajstić information content (AvgIpc) is 2.29. The van der Waals surface area contributed by atoms with Gasteiger partial charge in [0.15, 0.2) is 0 Å². The number of carbonyl (C=O) groups is 1. The number of carboxylic acids is 1. The van der Waals surface area contributed by atoms with E-state index in [1.807, 2.05) is 17.8 Å². The second-order valence-electron chi connectivity index (χ2n) is 4.03. The molecule has 0 radical (unpaired) electrons. The van der Waals surface area contributed by atoms with Crippen molar-refractivity contribution in [2.75, 3.05) is 16.8 Å². The highest BCUT2D eigenvalue weighted by atomic mass is 79.9. The molecule has 0 bridgehead atoms. The van der Waals surface area contributed by atoms with Crippen molar-refractivity contribution in [3.63, 3.8) is 0 Å². The maximum atomic E-state index is 11.1. The summed E-state index contributed by atoms with van der Waals surface area (Å²) in [6.07, 6.45) is 1.02. The van der Waals surface area contributed by atoms with Crippen LogP contribution in [-0.2, 0) is 0 Å². The molecule has 0 fully saturated rings. The summed E-state index contributed by atoms with van der Waals surface area (Å²) in [5, 5.41) is 12.4. The van der Waals surface area contributed by atoms with Crippen molar-refractivity contribution in [3.8, 4) is 0 Å². The Morgan fingerprint density at radius 3 is 2.89 bits per heavy atom. The van der Waals surface area contributed by atoms with Crippen LogP contribution in [-0.4, -0.2) is 28.6 Å². The van der Waals surface area contributed by atoms with Crippen molar-refractivity contribution >= 4 is 39.3 Å². The lowest BCUT2D eigenvalue weighted by Gasteiger charge is -2.17. The van der Waals surface area contributed by atoms with Crippen LogP contribution in [0.15, 0.2) is 22.7 Å². The zero-order chi connectivity index (χ0) is 13.5. The standard InChI is InChI=1S/C13H18BrNO2S/c1-3-18-7-6-9(2)15-12-8-10(14)4-5-11(12)13(16)17/h4-5,8-9,15H,3,6-7H2,1-2H3,(H,16,17). The highest BCUT2D eigenvalue weighted by Gasteiger charge is 2.12. The van der Waals surface area contributed by atoms with Crippen molar-refractivity contribution in [1.82, 2.24) is 0 Å². The van der Waals surface area contributed by atoms with Crippen LogP contribution in [0.4, 0.5) is 5.69 Å². The van der Waals surface area contributed by atoms with E-state index >= 15 is 0 Å². The largest absolute Gasteiger partial charge is 0.478 e. The monoisotopic (exact) mass is 331 g/mol. The van der Waals surface area contributed by atoms with E-state index in [-0.39, 0.29) is 6.04 Å². The number of thioether (sulfide) groups is 1. The van der Waals surface area contributed by atoms with Crippen LogP contribution in [0.2, 0.25) is 0 Å². The van der Waals surface area contributed by atoms with Gasteiger partial charge in [0.05, 0.1) is 11.3 Å². The molecule has 5 heteroatoms. The number of rotatable bonds is 7. The number of aromatic carboxylic acids is 1. The molecule has 1 aromatic carbocycles. The molecule has 1 unspecified atom stereocenters. The summed E-state index contributed by atoms with van der Waals surface area (Å²) < 4.78 is 0.880. The van der Waals surface area contributed by atoms with Crippen molar-refractivity contribution < 1.29 is 9.90 Å². The first-order chi connectivity index (χ1) is 8.54. The highest BCUT2D eigenvalue weighted by Crippen LogP contribution is 2.23. The fraction of sp³-hybridized carbons (Fsp3) is 0.462. The van der Waals surface area contributed by atoms with Gasteiger partial charge in [0.1, 0.15) is 0 Å². The Bertz CT molecular complexity index is 412. The summed E-state index contributed by atoms with van der Waals surface area (Å²) in [6, 6.07) is 5.43. The molecule has 2 N–H and O–H groups in total. The van der Waals surface area contributed by atoms with Gasteiger partial charge < -0.3 is 10.4 Å². The van der Waals surface area contributed by atoms with E-state index in [0.717, 1.165) is 22.4 Å². The molecule has 0 aromatic heterocycles. The first kappa shape index (κ1) is 15.4. The number of carboxylic acid groups (broad SMARTS) is 1. The van der Waals surface area contributed by atoms with Crippen LogP contribution < -0.4 is 5.32 Å². The number of hydrogen-bond acceptors (Lipinski definition) is 3. The predicted molar refractivity (Wildman–Crippen MR) is 81.8 cm³/mol. The van der Waals surface area contributed by atoms with Crippen LogP contribution in [0, 0.1) is 0 Å². The average molecular weight is 332 g/mol. The summed E-state index contributed by atoms with van der Waals surface area (Å²) in [5.74, 6) is 1.30. The Labute approximate surface area is 120 Å². The first-order valence-electron chi connectivity index (χ1n) is 5.91. The maximum Gasteiger partial charge on any atom is 0.337 e. The number of nitrogens with one attached hydrogen (secondary N) is 1. The maximum absolute atomic E-state index is 11.1. The third kappa shape index (κ3) is 4.90. The van der Waals surface area contributed by atoms with Gasteiger partial charge in [0.25, 0.3) is 0 Å². The van der Waals surface area contributed by atoms with Gasteiger partial charge in [-0.2, -0.15) is 11.8 Å². The number of hydrogen-bond donors (Lipinski definition) is 2. The molecular weight excluding hydrogens is 314 g/mol. The molecule has 1 rings (SSSR count). The van der Waals surface area contributed by atoms with E-state index in [1.165, 1.54) is 0 Å². The lowest BCUT2D eigenvalue weighted by atomic mass is 10.1. The van der Waals surface area contributed by atoms with Crippen molar-refractivity contribution in [2.24, 2.45) is 0 Å². The SMILES string of the molecule is CCSCCC(C)Nc1cc(Br)ccc1C(=O)O. The molecule has 0 aliphatic rings. The van der Waals surface area contributed by atoms with Crippen LogP contribution >= 0.6 is 27.7 Å². The lowest BCUT2D eigenvalue weighted by Crippen LogP contribution is -2.18. The van der Waals surface area contributed by atoms with Crippen molar-refractivity contribution in [2.45, 2.75) is 26.3 Å². The van der Waals surface area contributed by atoms with Crippen LogP contribution in [0.5, 0.6) is 0 Å². The molecule has 0 saturated carbocycles. The second kappa shape index (κ2) is 7.69. The van der Waals surface area contributed by atoms with E-state index in [9.17, 15) is 4.79 Å². The minimum Gasteiger partial charge on any atom is -0.478 e. The van der Waals surface area contributed by atoms with Gasteiger partial charge in [0.2, 0.25) is 0 Å². The fourth-order valence-electron chi connectivity index (χ4n) is 1.56. The van der Waals surface area contributed by atoms with E-state index in [0.29, 0.717) is 11.3 Å². The number of anilines is 1. The molecule has 0 amide bonds. The van der Waals surface area contributed by atoms with E-state index in [2.05, 4.69) is 35.1 Å². The van der Waals surface area contributed by atoms with Gasteiger partial charge in [-0.15, -0.1) is 0 Å². The third-order valence-corrected chi connectivity index (χ3v) is 3.94. The number of halogens is 1. The Kier molecular flexibility index (Phi) is 6.57. The fourth-order valence-corrected chi connectivity index (χ4v) is 2.73. The Balaban J connectivity index is 2.70. The van der Waals surface area contributed by atoms with Gasteiger partial charge in [0, 0.05) is 10.5 Å². The minimum atomic E-state index is -0.903. The molecule has 1 aromatic rings. The summed E-state index contributed by atoms with van der Waals surface area (Å²) in [5.41, 5.74) is 0.985. The van der Waals surface area contributed by atoms with Gasteiger partial charge in [-0.1, -0.05) is 22.9 Å². The molecule has 100 valence electrons. The lowest BCUT2D eigenvalue weighted by molar-refractivity contribution is 0.0698. The Morgan fingerprint density at radius 2 is 2.28 bits per heavy atom. The van der Waals surface area contributed by atoms with Crippen molar-refractivity contribution in [1.29, 1.82) is 0 Å². The van der Waals surface area contributed by atoms with Gasteiger partial charge in [-0.25, -0.2) is 4.79 Å². The zero-order valence-corrected chi connectivity index (χ0v) is 13.0. The molecule has 0 aliphatic heterocycles. The molecule has 0 spiro atoms. The van der Waals surface area contributed by atoms with Crippen LogP contribution in [0.25, 0.3) is 0 Å².